The van der Waals surface area contributed by atoms with Crippen molar-refractivity contribution in [3.05, 3.63) is 71.8 Å². The smallest absolute Gasteiger partial charge is 0.338 e. The molecule has 1 saturated heterocycles. The number of aliphatic hydroxyl groups excluding tert-OH is 1. The second-order valence-corrected chi connectivity index (χ2v) is 10.4. The van der Waals surface area contributed by atoms with Gasteiger partial charge in [0.25, 0.3) is 0 Å². The van der Waals surface area contributed by atoms with Gasteiger partial charge < -0.3 is 14.6 Å². The van der Waals surface area contributed by atoms with Gasteiger partial charge in [-0.3, -0.25) is 4.79 Å². The fourth-order valence-electron chi connectivity index (χ4n) is 3.28. The van der Waals surface area contributed by atoms with Gasteiger partial charge in [0, 0.05) is 10.1 Å². The minimum Gasteiger partial charge on any atom is -0.452 e. The maximum atomic E-state index is 13.9. The lowest BCUT2D eigenvalue weighted by Crippen LogP contribution is -2.35. The average molecular weight is 587 g/mol. The first-order valence-corrected chi connectivity index (χ1v) is 13.3. The highest BCUT2D eigenvalue weighted by molar-refractivity contribution is 9.09. The zero-order chi connectivity index (χ0) is 26.7. The molecule has 1 fully saturated rings. The number of carbonyl (C=O) groups excluding carboxylic acids is 3. The molecule has 1 heterocycles. The monoisotopic (exact) mass is 586 g/mol. The molecular formula is C26H29BrF2O6S. The van der Waals surface area contributed by atoms with Crippen LogP contribution < -0.4 is 0 Å². The van der Waals surface area contributed by atoms with Crippen LogP contribution in [0.4, 0.5) is 8.78 Å². The summed E-state index contributed by atoms with van der Waals surface area (Å²) in [6.07, 6.45) is -3.93. The van der Waals surface area contributed by atoms with Gasteiger partial charge in [0.1, 0.15) is 5.44 Å². The maximum absolute atomic E-state index is 13.9. The minimum atomic E-state index is -1.56. The van der Waals surface area contributed by atoms with Gasteiger partial charge in [-0.1, -0.05) is 66.2 Å². The summed E-state index contributed by atoms with van der Waals surface area (Å²) >= 11 is 4.23. The highest BCUT2D eigenvalue weighted by Gasteiger charge is 2.45. The summed E-state index contributed by atoms with van der Waals surface area (Å²) in [5.74, 6) is -1.30. The number of aliphatic hydroxyl groups is 1. The van der Waals surface area contributed by atoms with Crippen LogP contribution in [0.15, 0.2) is 60.7 Å². The quantitative estimate of drug-likeness (QED) is 0.242. The topological polar surface area (TPSA) is 89.9 Å². The van der Waals surface area contributed by atoms with E-state index in [1.807, 2.05) is 6.92 Å². The molecule has 0 saturated carbocycles. The summed E-state index contributed by atoms with van der Waals surface area (Å²) in [5, 5.41) is 9.39. The van der Waals surface area contributed by atoms with E-state index in [1.165, 1.54) is 0 Å². The fraction of sp³-hybridized carbons (Fsp3) is 0.423. The molecule has 0 aromatic heterocycles. The van der Waals surface area contributed by atoms with Gasteiger partial charge in [-0.2, -0.15) is 0 Å². The number of benzene rings is 2. The lowest BCUT2D eigenvalue weighted by molar-refractivity contribution is -0.118. The van der Waals surface area contributed by atoms with Crippen molar-refractivity contribution in [1.29, 1.82) is 0 Å². The molecule has 7 atom stereocenters. The standard InChI is InChI=1S/C13H14BrFO3.C13H15FO3S/c1-2-10(14)12(15)11(8-16)18-13(17)9-6-4-3-5-7-9;1-2-9-10(14)11(13(16)18-9)17-12(15)8-6-4-3-5-7-8/h3-8,10-12H,2H2,1H3;3-7,9-11,13,16H,2H2,1H3/t10-,11-,12+;9-,10-,11-,13?/m01/s1. The highest BCUT2D eigenvalue weighted by Crippen LogP contribution is 2.38. The summed E-state index contributed by atoms with van der Waals surface area (Å²) < 4.78 is 37.6. The van der Waals surface area contributed by atoms with Crippen LogP contribution in [0.1, 0.15) is 47.4 Å². The largest absolute Gasteiger partial charge is 0.452 e. The molecule has 36 heavy (non-hydrogen) atoms. The first kappa shape index (κ1) is 29.9. The third-order valence-corrected chi connectivity index (χ3v) is 8.00. The first-order chi connectivity index (χ1) is 17.2. The summed E-state index contributed by atoms with van der Waals surface area (Å²) in [5.41, 5.74) is -0.335. The van der Waals surface area contributed by atoms with E-state index in [1.54, 1.807) is 67.6 Å². The second kappa shape index (κ2) is 15.1. The number of thioether (sulfide) groups is 1. The van der Waals surface area contributed by atoms with Crippen LogP contribution in [0.3, 0.4) is 0 Å². The molecule has 196 valence electrons. The molecule has 2 aromatic carbocycles. The van der Waals surface area contributed by atoms with E-state index in [0.717, 1.165) is 11.8 Å². The van der Waals surface area contributed by atoms with Crippen LogP contribution in [-0.4, -0.2) is 63.4 Å². The number of halogens is 3. The van der Waals surface area contributed by atoms with Crippen molar-refractivity contribution >= 4 is 45.9 Å². The van der Waals surface area contributed by atoms with Crippen molar-refractivity contribution in [2.75, 3.05) is 0 Å². The Morgan fingerprint density at radius 2 is 1.58 bits per heavy atom. The van der Waals surface area contributed by atoms with Crippen LogP contribution in [-0.2, 0) is 14.3 Å². The molecule has 1 unspecified atom stereocenters. The Hall–Kier alpha value is -2.30. The van der Waals surface area contributed by atoms with Crippen LogP contribution in [0.2, 0.25) is 0 Å². The van der Waals surface area contributed by atoms with Gasteiger partial charge in [0.15, 0.2) is 30.8 Å². The van der Waals surface area contributed by atoms with Gasteiger partial charge in [0.2, 0.25) is 0 Å². The maximum Gasteiger partial charge on any atom is 0.338 e. The molecular weight excluding hydrogens is 558 g/mol. The van der Waals surface area contributed by atoms with Gasteiger partial charge in [-0.15, -0.1) is 11.8 Å². The Bertz CT molecular complexity index is 967. The zero-order valence-corrected chi connectivity index (χ0v) is 22.2. The van der Waals surface area contributed by atoms with Gasteiger partial charge in [0.05, 0.1) is 11.1 Å². The average Bonchev–Trinajstić information content (AvgIpc) is 3.19. The first-order valence-electron chi connectivity index (χ1n) is 11.5. The lowest BCUT2D eigenvalue weighted by Gasteiger charge is -2.19. The number of carbonyl (C=O) groups is 3. The predicted octanol–water partition coefficient (Wildman–Crippen LogP) is 5.32. The Labute approximate surface area is 221 Å². The number of esters is 2. The molecule has 0 radical (unpaired) electrons. The molecule has 3 rings (SSSR count). The third kappa shape index (κ3) is 8.38. The summed E-state index contributed by atoms with van der Waals surface area (Å²) in [6, 6.07) is 16.6. The normalized spacial score (nSPS) is 23.4. The molecule has 2 aromatic rings. The SMILES string of the molecule is CC[C@H](Br)[C@@H](F)[C@H](C=O)OC(=O)c1ccccc1.CC[C@H]1SC(O)[C@H](OC(=O)c2ccccc2)[C@@H]1F. The Morgan fingerprint density at radius 3 is 2.03 bits per heavy atom. The number of rotatable bonds is 9. The van der Waals surface area contributed by atoms with Crippen molar-refractivity contribution < 1.29 is 37.7 Å². The van der Waals surface area contributed by atoms with E-state index in [4.69, 9.17) is 9.47 Å². The van der Waals surface area contributed by atoms with E-state index in [2.05, 4.69) is 15.9 Å². The number of hydrogen-bond acceptors (Lipinski definition) is 7. The van der Waals surface area contributed by atoms with Crippen LogP contribution in [0, 0.1) is 0 Å². The number of ether oxygens (including phenoxy) is 2. The summed E-state index contributed by atoms with van der Waals surface area (Å²) in [7, 11) is 0. The van der Waals surface area contributed by atoms with Crippen LogP contribution in [0.25, 0.3) is 0 Å². The second-order valence-electron chi connectivity index (χ2n) is 7.89. The molecule has 10 heteroatoms. The lowest BCUT2D eigenvalue weighted by atomic mass is 10.1. The van der Waals surface area contributed by atoms with Crippen molar-refractivity contribution in [2.24, 2.45) is 0 Å². The molecule has 1 aliphatic rings. The number of hydrogen-bond donors (Lipinski definition) is 1. The molecule has 0 aliphatic carbocycles. The molecule has 0 bridgehead atoms. The van der Waals surface area contributed by atoms with Gasteiger partial charge in [-0.05, 0) is 37.1 Å². The van der Waals surface area contributed by atoms with Crippen LogP contribution >= 0.6 is 27.7 Å². The predicted molar refractivity (Wildman–Crippen MR) is 138 cm³/mol. The van der Waals surface area contributed by atoms with Crippen molar-refractivity contribution in [3.8, 4) is 0 Å². The molecule has 1 aliphatic heterocycles. The Balaban J connectivity index is 0.000000254. The van der Waals surface area contributed by atoms with E-state index in [0.29, 0.717) is 30.3 Å². The van der Waals surface area contributed by atoms with E-state index in [-0.39, 0.29) is 5.25 Å². The van der Waals surface area contributed by atoms with E-state index >= 15 is 0 Å². The molecule has 0 spiro atoms. The van der Waals surface area contributed by atoms with Crippen molar-refractivity contribution in [1.82, 2.24) is 0 Å². The zero-order valence-electron chi connectivity index (χ0n) is 19.8. The van der Waals surface area contributed by atoms with E-state index < -0.39 is 46.8 Å². The molecule has 1 N–H and O–H groups in total. The Kier molecular flexibility index (Phi) is 12.5. The number of aldehydes is 1. The van der Waals surface area contributed by atoms with Crippen molar-refractivity contribution in [3.63, 3.8) is 0 Å². The van der Waals surface area contributed by atoms with Crippen LogP contribution in [0.5, 0.6) is 0 Å². The highest BCUT2D eigenvalue weighted by atomic mass is 79.9. The minimum absolute atomic E-state index is 0.291. The Morgan fingerprint density at radius 1 is 1.06 bits per heavy atom. The van der Waals surface area contributed by atoms with Gasteiger partial charge in [-0.25, -0.2) is 18.4 Å². The molecule has 6 nitrogen and oxygen atoms in total. The van der Waals surface area contributed by atoms with E-state index in [9.17, 15) is 28.3 Å². The third-order valence-electron chi connectivity index (χ3n) is 5.36. The molecule has 0 amide bonds. The van der Waals surface area contributed by atoms with Crippen molar-refractivity contribution in [2.45, 2.75) is 66.8 Å². The summed E-state index contributed by atoms with van der Waals surface area (Å²) in [6.45, 7) is 3.62. The fourth-order valence-corrected chi connectivity index (χ4v) is 4.79. The van der Waals surface area contributed by atoms with Gasteiger partial charge >= 0.3 is 11.9 Å². The summed E-state index contributed by atoms with van der Waals surface area (Å²) in [4.78, 5) is 33.7. The number of alkyl halides is 3.